The molecule has 106 valence electrons. The monoisotopic (exact) mass is 281 g/mol. The fraction of sp³-hybridized carbons (Fsp3) is 0. The van der Waals surface area contributed by atoms with E-state index in [9.17, 15) is 4.79 Å². The molecule has 6 nitrogen and oxygen atoms in total. The average molecular weight is 281 g/mol. The van der Waals surface area contributed by atoms with E-state index >= 15 is 0 Å². The number of carbonyl (C=O) groups excluding carboxylic acids is 1. The molecular weight excluding hydrogens is 266 g/mol. The summed E-state index contributed by atoms with van der Waals surface area (Å²) in [6.45, 7) is 0. The highest BCUT2D eigenvalue weighted by Gasteiger charge is 2.12. The Bertz CT molecular complexity index is 703. The van der Waals surface area contributed by atoms with Gasteiger partial charge in [-0.1, -0.05) is 24.3 Å². The first-order valence-corrected chi connectivity index (χ1v) is 6.18. The van der Waals surface area contributed by atoms with E-state index < -0.39 is 5.91 Å². The van der Waals surface area contributed by atoms with Crippen molar-refractivity contribution in [3.8, 4) is 0 Å². The number of carbonyl (C=O) groups is 1. The number of amides is 1. The van der Waals surface area contributed by atoms with Gasteiger partial charge in [0.15, 0.2) is 5.96 Å². The predicted molar refractivity (Wildman–Crippen MR) is 83.8 cm³/mol. The smallest absolute Gasteiger partial charge is 0.280 e. The molecule has 0 radical (unpaired) electrons. The zero-order chi connectivity index (χ0) is 15.2. The van der Waals surface area contributed by atoms with Crippen molar-refractivity contribution in [2.75, 3.05) is 5.73 Å². The Balaban J connectivity index is 2.54. The van der Waals surface area contributed by atoms with E-state index in [1.807, 2.05) is 12.1 Å². The molecule has 1 aromatic carbocycles. The number of para-hydroxylation sites is 1. The Labute approximate surface area is 122 Å². The minimum absolute atomic E-state index is 0.296. The summed E-state index contributed by atoms with van der Waals surface area (Å²) in [5.74, 6) is -0.845. The van der Waals surface area contributed by atoms with Crippen molar-refractivity contribution in [3.63, 3.8) is 0 Å². The fourth-order valence-corrected chi connectivity index (χ4v) is 1.77. The van der Waals surface area contributed by atoms with Crippen LogP contribution in [0.5, 0.6) is 0 Å². The number of anilines is 1. The molecule has 0 fully saturated rings. The third-order valence-corrected chi connectivity index (χ3v) is 2.73. The first kappa shape index (κ1) is 14.3. The summed E-state index contributed by atoms with van der Waals surface area (Å²) in [7, 11) is 0. The predicted octanol–water partition coefficient (Wildman–Crippen LogP) is 1.00. The summed E-state index contributed by atoms with van der Waals surface area (Å²) in [6, 6.07) is 10.7. The van der Waals surface area contributed by atoms with Crippen LogP contribution >= 0.6 is 0 Å². The number of aliphatic imine (C=N–C) groups is 1. The van der Waals surface area contributed by atoms with Gasteiger partial charge in [-0.3, -0.25) is 9.78 Å². The van der Waals surface area contributed by atoms with E-state index in [1.54, 1.807) is 42.7 Å². The zero-order valence-electron chi connectivity index (χ0n) is 11.2. The first-order valence-electron chi connectivity index (χ1n) is 6.18. The summed E-state index contributed by atoms with van der Waals surface area (Å²) < 4.78 is 0. The van der Waals surface area contributed by atoms with Gasteiger partial charge in [-0.05, 0) is 23.8 Å². The van der Waals surface area contributed by atoms with Crippen LogP contribution in [0.25, 0.3) is 11.6 Å². The average Bonchev–Trinajstić information content (AvgIpc) is 2.46. The van der Waals surface area contributed by atoms with E-state index in [-0.39, 0.29) is 5.96 Å². The van der Waals surface area contributed by atoms with Crippen LogP contribution in [0.4, 0.5) is 5.69 Å². The lowest BCUT2D eigenvalue weighted by Crippen LogP contribution is -2.24. The molecule has 0 aliphatic rings. The summed E-state index contributed by atoms with van der Waals surface area (Å²) in [5, 5.41) is 0. The number of nitrogen functional groups attached to an aromatic ring is 1. The van der Waals surface area contributed by atoms with Gasteiger partial charge in [-0.15, -0.1) is 0 Å². The van der Waals surface area contributed by atoms with Crippen molar-refractivity contribution >= 4 is 29.2 Å². The Morgan fingerprint density at radius 2 is 1.90 bits per heavy atom. The Morgan fingerprint density at radius 3 is 2.52 bits per heavy atom. The number of nitrogens with two attached hydrogens (primary N) is 3. The molecule has 1 amide bonds. The molecule has 0 saturated heterocycles. The van der Waals surface area contributed by atoms with Crippen LogP contribution in [-0.4, -0.2) is 16.9 Å². The van der Waals surface area contributed by atoms with Crippen molar-refractivity contribution in [1.82, 2.24) is 4.98 Å². The molecule has 0 atom stereocenters. The second-order valence-corrected chi connectivity index (χ2v) is 4.27. The molecule has 21 heavy (non-hydrogen) atoms. The zero-order valence-corrected chi connectivity index (χ0v) is 11.2. The number of guanidine groups is 1. The molecule has 0 bridgehead atoms. The topological polar surface area (TPSA) is 120 Å². The standard InChI is InChI=1S/C15H15N5O/c16-13-6-2-1-4-10(13)8-12(14(21)20-15(17)18)11-5-3-7-19-9-11/h1-9H,16H2,(H4,17,18,20,21)/b12-8+. The van der Waals surface area contributed by atoms with Gasteiger partial charge in [0.1, 0.15) is 0 Å². The van der Waals surface area contributed by atoms with Crippen molar-refractivity contribution in [2.24, 2.45) is 16.5 Å². The lowest BCUT2D eigenvalue weighted by molar-refractivity contribution is -0.112. The lowest BCUT2D eigenvalue weighted by Gasteiger charge is -2.05. The van der Waals surface area contributed by atoms with Crippen LogP contribution in [0.2, 0.25) is 0 Å². The lowest BCUT2D eigenvalue weighted by atomic mass is 10.0. The molecule has 6 heteroatoms. The quantitative estimate of drug-likeness (QED) is 0.335. The second kappa shape index (κ2) is 6.33. The van der Waals surface area contributed by atoms with Crippen molar-refractivity contribution in [1.29, 1.82) is 0 Å². The van der Waals surface area contributed by atoms with Crippen LogP contribution in [-0.2, 0) is 4.79 Å². The number of aromatic nitrogens is 1. The molecule has 6 N–H and O–H groups in total. The summed E-state index contributed by atoms with van der Waals surface area (Å²) in [6.07, 6.45) is 4.81. The van der Waals surface area contributed by atoms with Crippen LogP contribution in [0, 0.1) is 0 Å². The van der Waals surface area contributed by atoms with Gasteiger partial charge < -0.3 is 17.2 Å². The molecule has 1 heterocycles. The van der Waals surface area contributed by atoms with Gasteiger partial charge in [0.25, 0.3) is 5.91 Å². The molecule has 1 aromatic heterocycles. The van der Waals surface area contributed by atoms with Gasteiger partial charge in [-0.25, -0.2) is 0 Å². The van der Waals surface area contributed by atoms with Gasteiger partial charge in [0.05, 0.1) is 5.57 Å². The Hall–Kier alpha value is -3.15. The number of benzene rings is 1. The molecule has 0 aliphatic carbocycles. The minimum atomic E-state index is -0.550. The molecule has 0 saturated carbocycles. The largest absolute Gasteiger partial charge is 0.398 e. The van der Waals surface area contributed by atoms with E-state index in [0.29, 0.717) is 22.4 Å². The van der Waals surface area contributed by atoms with Gasteiger partial charge in [-0.2, -0.15) is 4.99 Å². The van der Waals surface area contributed by atoms with Gasteiger partial charge >= 0.3 is 0 Å². The highest BCUT2D eigenvalue weighted by Crippen LogP contribution is 2.22. The third-order valence-electron chi connectivity index (χ3n) is 2.73. The summed E-state index contributed by atoms with van der Waals surface area (Å²) in [4.78, 5) is 19.8. The molecular formula is C15H15N5O. The number of hydrogen-bond donors (Lipinski definition) is 3. The van der Waals surface area contributed by atoms with Crippen LogP contribution < -0.4 is 17.2 Å². The number of hydrogen-bond acceptors (Lipinski definition) is 3. The van der Waals surface area contributed by atoms with Crippen LogP contribution in [0.15, 0.2) is 53.8 Å². The summed E-state index contributed by atoms with van der Waals surface area (Å²) >= 11 is 0. The highest BCUT2D eigenvalue weighted by molar-refractivity contribution is 6.26. The van der Waals surface area contributed by atoms with Crippen LogP contribution in [0.1, 0.15) is 11.1 Å². The van der Waals surface area contributed by atoms with E-state index in [4.69, 9.17) is 17.2 Å². The molecule has 0 unspecified atom stereocenters. The van der Waals surface area contributed by atoms with Gasteiger partial charge in [0.2, 0.25) is 0 Å². The highest BCUT2D eigenvalue weighted by atomic mass is 16.1. The van der Waals surface area contributed by atoms with E-state index in [2.05, 4.69) is 9.98 Å². The van der Waals surface area contributed by atoms with Crippen molar-refractivity contribution < 1.29 is 4.79 Å². The maximum atomic E-state index is 12.2. The van der Waals surface area contributed by atoms with E-state index in [1.165, 1.54) is 0 Å². The summed E-state index contributed by atoms with van der Waals surface area (Å²) in [5.41, 5.74) is 18.6. The third kappa shape index (κ3) is 3.66. The molecule has 2 aromatic rings. The van der Waals surface area contributed by atoms with Crippen molar-refractivity contribution in [3.05, 3.63) is 59.9 Å². The first-order chi connectivity index (χ1) is 10.1. The molecule has 0 spiro atoms. The number of rotatable bonds is 3. The maximum absolute atomic E-state index is 12.2. The minimum Gasteiger partial charge on any atom is -0.398 e. The number of nitrogens with zero attached hydrogens (tertiary/aromatic N) is 2. The van der Waals surface area contributed by atoms with Crippen LogP contribution in [0.3, 0.4) is 0 Å². The fourth-order valence-electron chi connectivity index (χ4n) is 1.77. The van der Waals surface area contributed by atoms with Gasteiger partial charge in [0, 0.05) is 23.6 Å². The SMILES string of the molecule is NC(N)=NC(=O)/C(=C/c1ccccc1N)c1cccnc1. The Morgan fingerprint density at radius 1 is 1.14 bits per heavy atom. The Kier molecular flexibility index (Phi) is 4.30. The maximum Gasteiger partial charge on any atom is 0.280 e. The molecule has 0 aliphatic heterocycles. The normalized spacial score (nSPS) is 11.0. The second-order valence-electron chi connectivity index (χ2n) is 4.27. The van der Waals surface area contributed by atoms with Crippen molar-refractivity contribution in [2.45, 2.75) is 0 Å². The van der Waals surface area contributed by atoms with E-state index in [0.717, 1.165) is 0 Å². The number of pyridine rings is 1. The molecule has 2 rings (SSSR count).